The van der Waals surface area contributed by atoms with Crippen LogP contribution in [0.15, 0.2) is 0 Å². The number of rotatable bonds is 1. The van der Waals surface area contributed by atoms with Crippen LogP contribution in [0.4, 0.5) is 9.18 Å². The maximum absolute atomic E-state index is 13.1. The van der Waals surface area contributed by atoms with Crippen LogP contribution in [0, 0.1) is 0 Å². The highest BCUT2D eigenvalue weighted by atomic mass is 35.5. The van der Waals surface area contributed by atoms with Crippen LogP contribution >= 0.6 is 12.4 Å². The first-order valence-corrected chi connectivity index (χ1v) is 3.98. The molecule has 0 heterocycles. The molecule has 0 spiro atoms. The minimum absolute atomic E-state index is 0. The summed E-state index contributed by atoms with van der Waals surface area (Å²) in [7, 11) is 0. The van der Waals surface area contributed by atoms with E-state index in [2.05, 4.69) is 5.32 Å². The SMILES string of the molecule is Cl.N[C@@H]1CC[C@@H](NC(=O)O)[C@@H](F)C1. The van der Waals surface area contributed by atoms with E-state index in [1.54, 1.807) is 0 Å². The van der Waals surface area contributed by atoms with Crippen LogP contribution in [-0.2, 0) is 0 Å². The maximum Gasteiger partial charge on any atom is 0.404 e. The zero-order chi connectivity index (χ0) is 9.14. The van der Waals surface area contributed by atoms with E-state index in [4.69, 9.17) is 10.8 Å². The predicted molar refractivity (Wildman–Crippen MR) is 48.9 cm³/mol. The van der Waals surface area contributed by atoms with E-state index in [1.165, 1.54) is 0 Å². The van der Waals surface area contributed by atoms with Gasteiger partial charge in [0.1, 0.15) is 6.17 Å². The van der Waals surface area contributed by atoms with Crippen molar-refractivity contribution in [1.29, 1.82) is 0 Å². The molecule has 0 bridgehead atoms. The molecule has 4 nitrogen and oxygen atoms in total. The fourth-order valence-corrected chi connectivity index (χ4v) is 1.47. The number of carboxylic acid groups (broad SMARTS) is 1. The third kappa shape index (κ3) is 3.78. The van der Waals surface area contributed by atoms with Crippen LogP contribution < -0.4 is 11.1 Å². The van der Waals surface area contributed by atoms with Gasteiger partial charge in [0.15, 0.2) is 0 Å². The molecule has 3 atom stereocenters. The lowest BCUT2D eigenvalue weighted by Crippen LogP contribution is -2.47. The van der Waals surface area contributed by atoms with Gasteiger partial charge in [-0.2, -0.15) is 0 Å². The summed E-state index contributed by atoms with van der Waals surface area (Å²) in [6, 6.07) is -0.686. The van der Waals surface area contributed by atoms with Crippen LogP contribution in [0.3, 0.4) is 0 Å². The molecule has 1 fully saturated rings. The van der Waals surface area contributed by atoms with Crippen LogP contribution in [0.2, 0.25) is 0 Å². The van der Waals surface area contributed by atoms with Crippen molar-refractivity contribution in [1.82, 2.24) is 5.32 Å². The summed E-state index contributed by atoms with van der Waals surface area (Å²) in [4.78, 5) is 10.2. The van der Waals surface area contributed by atoms with Gasteiger partial charge in [-0.1, -0.05) is 0 Å². The fraction of sp³-hybridized carbons (Fsp3) is 0.857. The first-order chi connectivity index (χ1) is 5.59. The van der Waals surface area contributed by atoms with Gasteiger partial charge in [0.2, 0.25) is 0 Å². The molecule has 0 aromatic rings. The van der Waals surface area contributed by atoms with E-state index < -0.39 is 18.3 Å². The topological polar surface area (TPSA) is 75.3 Å². The van der Waals surface area contributed by atoms with Gasteiger partial charge in [0.05, 0.1) is 6.04 Å². The zero-order valence-corrected chi connectivity index (χ0v) is 7.89. The number of hydrogen-bond donors (Lipinski definition) is 3. The highest BCUT2D eigenvalue weighted by molar-refractivity contribution is 5.85. The lowest BCUT2D eigenvalue weighted by molar-refractivity contribution is 0.150. The highest BCUT2D eigenvalue weighted by Gasteiger charge is 2.29. The average Bonchev–Trinajstić information content (AvgIpc) is 1.94. The molecular weight excluding hydrogens is 199 g/mol. The average molecular weight is 213 g/mol. The number of amides is 1. The van der Waals surface area contributed by atoms with Gasteiger partial charge in [0, 0.05) is 6.04 Å². The Morgan fingerprint density at radius 3 is 2.62 bits per heavy atom. The monoisotopic (exact) mass is 212 g/mol. The summed E-state index contributed by atoms with van der Waals surface area (Å²) in [5, 5.41) is 10.5. The van der Waals surface area contributed by atoms with Crippen molar-refractivity contribution in [2.45, 2.75) is 37.5 Å². The second kappa shape index (κ2) is 5.24. The number of carbonyl (C=O) groups is 1. The fourth-order valence-electron chi connectivity index (χ4n) is 1.47. The Labute approximate surface area is 82.1 Å². The molecular formula is C7H14ClFN2O2. The number of hydrogen-bond acceptors (Lipinski definition) is 2. The van der Waals surface area contributed by atoms with E-state index in [-0.39, 0.29) is 24.9 Å². The molecule has 1 aliphatic rings. The smallest absolute Gasteiger partial charge is 0.404 e. The molecule has 1 saturated carbocycles. The largest absolute Gasteiger partial charge is 0.465 e. The lowest BCUT2D eigenvalue weighted by Gasteiger charge is -2.29. The molecule has 0 saturated heterocycles. The summed E-state index contributed by atoms with van der Waals surface area (Å²) >= 11 is 0. The highest BCUT2D eigenvalue weighted by Crippen LogP contribution is 2.20. The first kappa shape index (κ1) is 12.4. The normalized spacial score (nSPS) is 33.2. The third-order valence-electron chi connectivity index (χ3n) is 2.12. The Balaban J connectivity index is 0.00000144. The van der Waals surface area contributed by atoms with Gasteiger partial charge in [0.25, 0.3) is 0 Å². The summed E-state index contributed by atoms with van der Waals surface area (Å²) in [5.41, 5.74) is 5.50. The molecule has 13 heavy (non-hydrogen) atoms. The van der Waals surface area contributed by atoms with Crippen molar-refractivity contribution in [2.75, 3.05) is 0 Å². The van der Waals surface area contributed by atoms with E-state index in [1.807, 2.05) is 0 Å². The summed E-state index contributed by atoms with van der Waals surface area (Å²) in [5.74, 6) is 0. The standard InChI is InChI=1S/C7H13FN2O2.ClH/c8-5-3-4(9)1-2-6(5)10-7(11)12;/h4-6,10H,1-3,9H2,(H,11,12);1H/t4-,5+,6-;/m1./s1. The number of halogens is 2. The van der Waals surface area contributed by atoms with Crippen molar-refractivity contribution in [3.8, 4) is 0 Å². The van der Waals surface area contributed by atoms with Gasteiger partial charge in [-0.3, -0.25) is 0 Å². The Hall–Kier alpha value is -0.550. The Kier molecular flexibility index (Phi) is 5.02. The minimum Gasteiger partial charge on any atom is -0.465 e. The van der Waals surface area contributed by atoms with Crippen molar-refractivity contribution in [3.63, 3.8) is 0 Å². The Bertz CT molecular complexity index is 182. The summed E-state index contributed by atoms with van der Waals surface area (Å²) in [6.07, 6.45) is -0.867. The van der Waals surface area contributed by atoms with E-state index >= 15 is 0 Å². The summed E-state index contributed by atoms with van der Waals surface area (Å²) < 4.78 is 13.1. The Morgan fingerprint density at radius 1 is 1.54 bits per heavy atom. The summed E-state index contributed by atoms with van der Waals surface area (Å²) in [6.45, 7) is 0. The number of alkyl halides is 1. The molecule has 78 valence electrons. The van der Waals surface area contributed by atoms with E-state index in [0.717, 1.165) is 0 Å². The zero-order valence-electron chi connectivity index (χ0n) is 7.07. The molecule has 1 rings (SSSR count). The van der Waals surface area contributed by atoms with E-state index in [0.29, 0.717) is 12.8 Å². The van der Waals surface area contributed by atoms with Gasteiger partial charge in [-0.05, 0) is 19.3 Å². The van der Waals surface area contributed by atoms with Gasteiger partial charge >= 0.3 is 6.09 Å². The van der Waals surface area contributed by atoms with Gasteiger partial charge in [-0.15, -0.1) is 12.4 Å². The van der Waals surface area contributed by atoms with Crippen LogP contribution in [0.25, 0.3) is 0 Å². The van der Waals surface area contributed by atoms with Crippen molar-refractivity contribution < 1.29 is 14.3 Å². The second-order valence-electron chi connectivity index (χ2n) is 3.15. The van der Waals surface area contributed by atoms with Gasteiger partial charge < -0.3 is 16.2 Å². The molecule has 0 aromatic carbocycles. The van der Waals surface area contributed by atoms with Gasteiger partial charge in [-0.25, -0.2) is 9.18 Å². The Morgan fingerprint density at radius 2 is 2.15 bits per heavy atom. The molecule has 0 aromatic heterocycles. The number of nitrogens with one attached hydrogen (secondary N) is 1. The maximum atomic E-state index is 13.1. The molecule has 0 radical (unpaired) electrons. The molecule has 1 amide bonds. The lowest BCUT2D eigenvalue weighted by atomic mass is 9.90. The molecule has 6 heteroatoms. The molecule has 1 aliphatic carbocycles. The minimum atomic E-state index is -1.17. The van der Waals surface area contributed by atoms with Crippen LogP contribution in [-0.4, -0.2) is 29.5 Å². The quantitative estimate of drug-likeness (QED) is 0.604. The van der Waals surface area contributed by atoms with Crippen LogP contribution in [0.1, 0.15) is 19.3 Å². The molecule has 0 aliphatic heterocycles. The van der Waals surface area contributed by atoms with Crippen molar-refractivity contribution in [3.05, 3.63) is 0 Å². The van der Waals surface area contributed by atoms with Crippen LogP contribution in [0.5, 0.6) is 0 Å². The van der Waals surface area contributed by atoms with Crippen molar-refractivity contribution >= 4 is 18.5 Å². The first-order valence-electron chi connectivity index (χ1n) is 3.98. The molecule has 4 N–H and O–H groups in total. The number of nitrogens with two attached hydrogens (primary N) is 1. The molecule has 0 unspecified atom stereocenters. The second-order valence-corrected chi connectivity index (χ2v) is 3.15. The van der Waals surface area contributed by atoms with E-state index in [9.17, 15) is 9.18 Å². The predicted octanol–water partition coefficient (Wildman–Crippen LogP) is 0.894. The third-order valence-corrected chi connectivity index (χ3v) is 2.12. The van der Waals surface area contributed by atoms with Crippen molar-refractivity contribution in [2.24, 2.45) is 5.73 Å².